The molecule has 1 amide bonds. The van der Waals surface area contributed by atoms with Gasteiger partial charge in [0, 0.05) is 11.4 Å². The molecule has 0 spiro atoms. The van der Waals surface area contributed by atoms with Crippen molar-refractivity contribution < 1.29 is 4.79 Å². The van der Waals surface area contributed by atoms with Crippen LogP contribution in [0.15, 0.2) is 24.3 Å². The maximum Gasteiger partial charge on any atom is 0.239 e. The van der Waals surface area contributed by atoms with Crippen LogP contribution in [0.4, 0.5) is 5.00 Å². The van der Waals surface area contributed by atoms with Crippen LogP contribution in [0.5, 0.6) is 0 Å². The maximum absolute atomic E-state index is 12.4. The van der Waals surface area contributed by atoms with Gasteiger partial charge in [0.25, 0.3) is 0 Å². The fourth-order valence-electron chi connectivity index (χ4n) is 3.43. The molecule has 0 radical (unpaired) electrons. The fraction of sp³-hybridized carbons (Fsp3) is 0.429. The molecule has 1 heterocycles. The van der Waals surface area contributed by atoms with Gasteiger partial charge in [-0.3, -0.25) is 9.69 Å². The lowest BCUT2D eigenvalue weighted by atomic mass is 9.96. The van der Waals surface area contributed by atoms with Gasteiger partial charge in [-0.2, -0.15) is 5.26 Å². The number of nitrogens with zero attached hydrogens (tertiary/aromatic N) is 2. The van der Waals surface area contributed by atoms with Crippen molar-refractivity contribution in [2.75, 3.05) is 18.9 Å². The number of carbonyl (C=O) groups excluding carboxylic acids is 1. The van der Waals surface area contributed by atoms with Crippen molar-refractivity contribution in [2.24, 2.45) is 0 Å². The second-order valence-electron chi connectivity index (χ2n) is 6.92. The first-order valence-corrected chi connectivity index (χ1v) is 10.0. The Morgan fingerprint density at radius 1 is 1.23 bits per heavy atom. The third-order valence-corrected chi connectivity index (χ3v) is 6.04. The Morgan fingerprint density at radius 2 is 1.92 bits per heavy atom. The number of hydrogen-bond donors (Lipinski definition) is 1. The molecule has 1 aliphatic carbocycles. The SMILES string of the molecule is CCc1ccc(CN(C)CC(=O)Nc2sc3c(c2C#N)CCCC3)cc1. The van der Waals surface area contributed by atoms with Crippen molar-refractivity contribution in [1.29, 1.82) is 5.26 Å². The van der Waals surface area contributed by atoms with Gasteiger partial charge in [-0.05, 0) is 55.8 Å². The Hall–Kier alpha value is -2.16. The van der Waals surface area contributed by atoms with Crippen molar-refractivity contribution in [3.8, 4) is 6.07 Å². The molecule has 1 aromatic carbocycles. The molecule has 0 saturated heterocycles. The molecule has 1 N–H and O–H groups in total. The van der Waals surface area contributed by atoms with E-state index < -0.39 is 0 Å². The first kappa shape index (κ1) is 18.6. The van der Waals surface area contributed by atoms with Crippen LogP contribution in [0.1, 0.15) is 46.9 Å². The largest absolute Gasteiger partial charge is 0.315 e. The summed E-state index contributed by atoms with van der Waals surface area (Å²) >= 11 is 1.58. The minimum Gasteiger partial charge on any atom is -0.315 e. The maximum atomic E-state index is 12.4. The number of aryl methyl sites for hydroxylation is 2. The monoisotopic (exact) mass is 367 g/mol. The topological polar surface area (TPSA) is 56.1 Å². The minimum atomic E-state index is -0.0622. The Bertz CT molecular complexity index is 817. The van der Waals surface area contributed by atoms with E-state index in [1.54, 1.807) is 11.3 Å². The average molecular weight is 368 g/mol. The number of nitriles is 1. The number of fused-ring (bicyclic) bond motifs is 1. The van der Waals surface area contributed by atoms with E-state index in [2.05, 4.69) is 42.6 Å². The highest BCUT2D eigenvalue weighted by Gasteiger charge is 2.22. The second kappa shape index (κ2) is 8.48. The number of benzene rings is 1. The van der Waals surface area contributed by atoms with E-state index >= 15 is 0 Å². The van der Waals surface area contributed by atoms with E-state index in [0.29, 0.717) is 12.1 Å². The van der Waals surface area contributed by atoms with Gasteiger partial charge < -0.3 is 5.32 Å². The van der Waals surface area contributed by atoms with E-state index in [4.69, 9.17) is 0 Å². The summed E-state index contributed by atoms with van der Waals surface area (Å²) in [5.74, 6) is -0.0622. The summed E-state index contributed by atoms with van der Waals surface area (Å²) in [5, 5.41) is 13.2. The molecule has 1 aliphatic rings. The minimum absolute atomic E-state index is 0.0622. The number of rotatable bonds is 6. The first-order valence-electron chi connectivity index (χ1n) is 9.21. The van der Waals surface area contributed by atoms with Gasteiger partial charge in [-0.15, -0.1) is 11.3 Å². The zero-order valence-corrected chi connectivity index (χ0v) is 16.3. The fourth-order valence-corrected chi connectivity index (χ4v) is 4.69. The van der Waals surface area contributed by atoms with Crippen molar-refractivity contribution in [2.45, 2.75) is 45.6 Å². The zero-order valence-electron chi connectivity index (χ0n) is 15.5. The van der Waals surface area contributed by atoms with Crippen LogP contribution < -0.4 is 5.32 Å². The first-order chi connectivity index (χ1) is 12.6. The number of anilines is 1. The van der Waals surface area contributed by atoms with Gasteiger partial charge >= 0.3 is 0 Å². The summed E-state index contributed by atoms with van der Waals surface area (Å²) in [5.41, 5.74) is 4.35. The summed E-state index contributed by atoms with van der Waals surface area (Å²) in [7, 11) is 1.94. The van der Waals surface area contributed by atoms with E-state index in [-0.39, 0.29) is 5.91 Å². The van der Waals surface area contributed by atoms with Gasteiger partial charge in [0.1, 0.15) is 11.1 Å². The highest BCUT2D eigenvalue weighted by molar-refractivity contribution is 7.16. The third kappa shape index (κ3) is 4.32. The summed E-state index contributed by atoms with van der Waals surface area (Å²) in [6.45, 7) is 3.18. The standard InChI is InChI=1S/C21H25N3OS/c1-3-15-8-10-16(11-9-15)13-24(2)14-20(25)23-21-18(12-22)17-6-4-5-7-19(17)26-21/h8-11H,3-7,13-14H2,1-2H3,(H,23,25). The van der Waals surface area contributed by atoms with Crippen LogP contribution in [0.25, 0.3) is 0 Å². The van der Waals surface area contributed by atoms with Gasteiger partial charge in [-0.25, -0.2) is 0 Å². The molecule has 0 aliphatic heterocycles. The van der Waals surface area contributed by atoms with Crippen molar-refractivity contribution in [3.05, 3.63) is 51.4 Å². The predicted molar refractivity (Wildman–Crippen MR) is 106 cm³/mol. The lowest BCUT2D eigenvalue weighted by molar-refractivity contribution is -0.117. The van der Waals surface area contributed by atoms with Gasteiger partial charge in [-0.1, -0.05) is 31.2 Å². The number of nitrogens with one attached hydrogen (secondary N) is 1. The average Bonchev–Trinajstić information content (AvgIpc) is 2.98. The number of amides is 1. The van der Waals surface area contributed by atoms with Crippen LogP contribution in [0.2, 0.25) is 0 Å². The number of carbonyl (C=O) groups is 1. The highest BCUT2D eigenvalue weighted by atomic mass is 32.1. The molecule has 26 heavy (non-hydrogen) atoms. The van der Waals surface area contributed by atoms with Gasteiger partial charge in [0.2, 0.25) is 5.91 Å². The highest BCUT2D eigenvalue weighted by Crippen LogP contribution is 2.37. The van der Waals surface area contributed by atoms with Crippen LogP contribution in [-0.4, -0.2) is 24.4 Å². The lowest BCUT2D eigenvalue weighted by Crippen LogP contribution is -2.29. The Kier molecular flexibility index (Phi) is 6.08. The zero-order chi connectivity index (χ0) is 18.5. The van der Waals surface area contributed by atoms with Gasteiger partial charge in [0.05, 0.1) is 12.1 Å². The Balaban J connectivity index is 1.60. The molecule has 5 heteroatoms. The molecule has 2 aromatic rings. The molecule has 0 atom stereocenters. The normalized spacial score (nSPS) is 13.3. The molecule has 4 nitrogen and oxygen atoms in total. The lowest BCUT2D eigenvalue weighted by Gasteiger charge is -2.16. The molecule has 136 valence electrons. The van der Waals surface area contributed by atoms with Crippen LogP contribution in [0, 0.1) is 11.3 Å². The molecule has 1 aromatic heterocycles. The van der Waals surface area contributed by atoms with Crippen LogP contribution in [0.3, 0.4) is 0 Å². The summed E-state index contributed by atoms with van der Waals surface area (Å²) in [4.78, 5) is 15.7. The number of thiophene rings is 1. The quantitative estimate of drug-likeness (QED) is 0.835. The molecule has 0 unspecified atom stereocenters. The molecule has 0 bridgehead atoms. The number of hydrogen-bond acceptors (Lipinski definition) is 4. The molecule has 0 saturated carbocycles. The summed E-state index contributed by atoms with van der Waals surface area (Å²) in [6, 6.07) is 10.8. The summed E-state index contributed by atoms with van der Waals surface area (Å²) < 4.78 is 0. The molecule has 0 fully saturated rings. The Labute approximate surface area is 159 Å². The van der Waals surface area contributed by atoms with Crippen molar-refractivity contribution in [3.63, 3.8) is 0 Å². The second-order valence-corrected chi connectivity index (χ2v) is 8.02. The van der Waals surface area contributed by atoms with Crippen LogP contribution >= 0.6 is 11.3 Å². The molecular formula is C21H25N3OS. The van der Waals surface area contributed by atoms with E-state index in [0.717, 1.165) is 42.8 Å². The molecular weight excluding hydrogens is 342 g/mol. The van der Waals surface area contributed by atoms with E-state index in [1.165, 1.54) is 22.4 Å². The molecule has 3 rings (SSSR count). The summed E-state index contributed by atoms with van der Waals surface area (Å²) in [6.07, 6.45) is 5.32. The van der Waals surface area contributed by atoms with Crippen molar-refractivity contribution in [1.82, 2.24) is 4.90 Å². The smallest absolute Gasteiger partial charge is 0.239 e. The Morgan fingerprint density at radius 3 is 2.62 bits per heavy atom. The van der Waals surface area contributed by atoms with Crippen molar-refractivity contribution >= 4 is 22.2 Å². The predicted octanol–water partition coefficient (Wildman–Crippen LogP) is 4.13. The third-order valence-electron chi connectivity index (χ3n) is 4.83. The van der Waals surface area contributed by atoms with Gasteiger partial charge in [0.15, 0.2) is 0 Å². The van der Waals surface area contributed by atoms with E-state index in [1.807, 2.05) is 11.9 Å². The van der Waals surface area contributed by atoms with E-state index in [9.17, 15) is 10.1 Å². The number of likely N-dealkylation sites (N-methyl/N-ethyl adjacent to an activating group) is 1. The van der Waals surface area contributed by atoms with Crippen LogP contribution in [-0.2, 0) is 30.6 Å².